The van der Waals surface area contributed by atoms with E-state index in [2.05, 4.69) is 4.98 Å². The lowest BCUT2D eigenvalue weighted by Gasteiger charge is -2.19. The summed E-state index contributed by atoms with van der Waals surface area (Å²) in [5.74, 6) is 0.827. The fraction of sp³-hybridized carbons (Fsp3) is 0.304. The molecule has 33 heavy (non-hydrogen) atoms. The van der Waals surface area contributed by atoms with E-state index in [0.717, 1.165) is 12.1 Å². The second-order valence-corrected chi connectivity index (χ2v) is 7.85. The molecule has 1 aromatic carbocycles. The van der Waals surface area contributed by atoms with Crippen LogP contribution in [0.1, 0.15) is 25.0 Å². The summed E-state index contributed by atoms with van der Waals surface area (Å²) in [6.45, 7) is 3.26. The van der Waals surface area contributed by atoms with E-state index in [1.807, 2.05) is 0 Å². The van der Waals surface area contributed by atoms with E-state index in [0.29, 0.717) is 28.9 Å². The van der Waals surface area contributed by atoms with E-state index in [1.54, 1.807) is 44.3 Å². The van der Waals surface area contributed by atoms with Crippen molar-refractivity contribution < 1.29 is 32.5 Å². The van der Waals surface area contributed by atoms with Crippen molar-refractivity contribution in [1.29, 1.82) is 0 Å². The van der Waals surface area contributed by atoms with Crippen LogP contribution in [0.15, 0.2) is 59.7 Å². The van der Waals surface area contributed by atoms with E-state index in [1.165, 1.54) is 17.7 Å². The molecule has 176 valence electrons. The Bertz CT molecular complexity index is 1150. The molecule has 0 unspecified atom stereocenters. The molecule has 0 bridgehead atoms. The zero-order chi connectivity index (χ0) is 24.2. The van der Waals surface area contributed by atoms with Crippen LogP contribution in [-0.4, -0.2) is 34.0 Å². The van der Waals surface area contributed by atoms with Gasteiger partial charge < -0.3 is 19.3 Å². The number of ether oxygens (including phenoxy) is 3. The van der Waals surface area contributed by atoms with E-state index in [9.17, 15) is 23.1 Å². The Morgan fingerprint density at radius 3 is 2.36 bits per heavy atom. The predicted molar refractivity (Wildman–Crippen MR) is 114 cm³/mol. The van der Waals surface area contributed by atoms with E-state index in [4.69, 9.17) is 14.2 Å². The van der Waals surface area contributed by atoms with Crippen molar-refractivity contribution in [3.8, 4) is 23.1 Å². The third kappa shape index (κ3) is 6.48. The molecule has 3 rings (SSSR count). The van der Waals surface area contributed by atoms with Gasteiger partial charge in [-0.1, -0.05) is 0 Å². The molecule has 0 saturated carbocycles. The summed E-state index contributed by atoms with van der Waals surface area (Å²) in [4.78, 5) is 16.2. The minimum Gasteiger partial charge on any atom is -0.493 e. The Kier molecular flexibility index (Phi) is 6.97. The Hall–Kier alpha value is -3.53. The number of rotatable bonds is 8. The molecule has 0 radical (unpaired) electrons. The van der Waals surface area contributed by atoms with Gasteiger partial charge in [0.25, 0.3) is 5.56 Å². The van der Waals surface area contributed by atoms with Crippen molar-refractivity contribution in [3.05, 3.63) is 76.3 Å². The van der Waals surface area contributed by atoms with Crippen LogP contribution in [-0.2, 0) is 12.8 Å². The molecular formula is C23H23F3N2O5. The van der Waals surface area contributed by atoms with E-state index < -0.39 is 17.3 Å². The van der Waals surface area contributed by atoms with Gasteiger partial charge in [-0.2, -0.15) is 13.2 Å². The molecule has 2 aromatic heterocycles. The number of nitrogens with zero attached hydrogens (tertiary/aromatic N) is 2. The van der Waals surface area contributed by atoms with Crippen molar-refractivity contribution in [2.24, 2.45) is 0 Å². The van der Waals surface area contributed by atoms with Crippen LogP contribution in [0.5, 0.6) is 17.4 Å². The monoisotopic (exact) mass is 464 g/mol. The number of benzene rings is 1. The number of aromatic nitrogens is 2. The van der Waals surface area contributed by atoms with Gasteiger partial charge in [-0.15, -0.1) is 0 Å². The molecule has 3 aromatic rings. The number of aliphatic hydroxyl groups is 1. The fourth-order valence-electron chi connectivity index (χ4n) is 2.79. The molecule has 1 N–H and O–H groups in total. The van der Waals surface area contributed by atoms with Gasteiger partial charge in [0.05, 0.1) is 24.0 Å². The number of alkyl halides is 3. The maximum atomic E-state index is 12.6. The molecular weight excluding hydrogens is 441 g/mol. The number of pyridine rings is 2. The normalized spacial score (nSPS) is 11.8. The smallest absolute Gasteiger partial charge is 0.417 e. The van der Waals surface area contributed by atoms with Gasteiger partial charge in [-0.3, -0.25) is 9.36 Å². The lowest BCUT2D eigenvalue weighted by atomic mass is 10.2. The first-order chi connectivity index (χ1) is 15.5. The van der Waals surface area contributed by atoms with Crippen LogP contribution < -0.4 is 19.8 Å². The van der Waals surface area contributed by atoms with Crippen molar-refractivity contribution >= 4 is 0 Å². The van der Waals surface area contributed by atoms with Crippen LogP contribution in [0, 0.1) is 0 Å². The highest BCUT2D eigenvalue weighted by molar-refractivity contribution is 5.49. The molecule has 0 aliphatic carbocycles. The van der Waals surface area contributed by atoms with Crippen LogP contribution in [0.4, 0.5) is 13.2 Å². The van der Waals surface area contributed by atoms with Crippen molar-refractivity contribution in [3.63, 3.8) is 0 Å². The Morgan fingerprint density at radius 2 is 1.79 bits per heavy atom. The number of hydrogen-bond acceptors (Lipinski definition) is 6. The number of halogens is 3. The van der Waals surface area contributed by atoms with Gasteiger partial charge >= 0.3 is 6.18 Å². The zero-order valence-electron chi connectivity index (χ0n) is 18.2. The van der Waals surface area contributed by atoms with Crippen molar-refractivity contribution in [2.75, 3.05) is 13.7 Å². The first-order valence-electron chi connectivity index (χ1n) is 9.87. The molecule has 0 aliphatic heterocycles. The van der Waals surface area contributed by atoms with Crippen LogP contribution >= 0.6 is 0 Å². The number of hydrogen-bond donors (Lipinski definition) is 1. The average molecular weight is 464 g/mol. The molecule has 0 fully saturated rings. The Labute approximate surface area is 188 Å². The Morgan fingerprint density at radius 1 is 1.03 bits per heavy atom. The summed E-state index contributed by atoms with van der Waals surface area (Å²) in [5.41, 5.74) is -1.18. The standard InChI is InChI=1S/C23H23F3N2O5/c1-22(2,30)14-33-18-6-5-17(11-19(18)31-3)28-9-8-15(10-21(28)29)13-32-20-7-4-16(12-27-20)23(24,25)26/h4-12,30H,13-14H2,1-3H3. The van der Waals surface area contributed by atoms with Gasteiger partial charge in [0.15, 0.2) is 11.5 Å². The predicted octanol–water partition coefficient (Wildman–Crippen LogP) is 3.99. The molecule has 0 spiro atoms. The summed E-state index contributed by atoms with van der Waals surface area (Å²) >= 11 is 0. The van der Waals surface area contributed by atoms with Crippen molar-refractivity contribution in [1.82, 2.24) is 9.55 Å². The third-order valence-corrected chi connectivity index (χ3v) is 4.44. The average Bonchev–Trinajstić information content (AvgIpc) is 2.75. The minimum atomic E-state index is -4.47. The molecule has 10 heteroatoms. The lowest BCUT2D eigenvalue weighted by Crippen LogP contribution is -2.28. The zero-order valence-corrected chi connectivity index (χ0v) is 18.2. The molecule has 2 heterocycles. The second-order valence-electron chi connectivity index (χ2n) is 7.85. The number of methoxy groups -OCH3 is 1. The van der Waals surface area contributed by atoms with Gasteiger partial charge in [-0.25, -0.2) is 4.98 Å². The van der Waals surface area contributed by atoms with Gasteiger partial charge in [0.1, 0.15) is 13.2 Å². The molecule has 0 amide bonds. The van der Waals surface area contributed by atoms with Gasteiger partial charge in [-0.05, 0) is 43.7 Å². The Balaban J connectivity index is 1.72. The first kappa shape index (κ1) is 24.1. The van der Waals surface area contributed by atoms with Crippen molar-refractivity contribution in [2.45, 2.75) is 32.2 Å². The minimum absolute atomic E-state index is 0.0126. The summed E-state index contributed by atoms with van der Waals surface area (Å²) in [6.07, 6.45) is -2.23. The lowest BCUT2D eigenvalue weighted by molar-refractivity contribution is -0.137. The second kappa shape index (κ2) is 9.53. The first-order valence-corrected chi connectivity index (χ1v) is 9.87. The van der Waals surface area contributed by atoms with Crippen LogP contribution in [0.2, 0.25) is 0 Å². The van der Waals surface area contributed by atoms with E-state index >= 15 is 0 Å². The highest BCUT2D eigenvalue weighted by Crippen LogP contribution is 2.30. The summed E-state index contributed by atoms with van der Waals surface area (Å²) in [7, 11) is 1.47. The molecule has 0 aliphatic rings. The van der Waals surface area contributed by atoms with Crippen LogP contribution in [0.3, 0.4) is 0 Å². The largest absolute Gasteiger partial charge is 0.493 e. The molecule has 0 saturated heterocycles. The third-order valence-electron chi connectivity index (χ3n) is 4.44. The summed E-state index contributed by atoms with van der Waals surface area (Å²) in [6, 6.07) is 9.95. The highest BCUT2D eigenvalue weighted by atomic mass is 19.4. The molecule has 0 atom stereocenters. The maximum Gasteiger partial charge on any atom is 0.417 e. The van der Waals surface area contributed by atoms with E-state index in [-0.39, 0.29) is 24.7 Å². The highest BCUT2D eigenvalue weighted by Gasteiger charge is 2.30. The van der Waals surface area contributed by atoms with Crippen LogP contribution in [0.25, 0.3) is 5.69 Å². The topological polar surface area (TPSA) is 82.8 Å². The summed E-state index contributed by atoms with van der Waals surface area (Å²) < 4.78 is 55.5. The molecule has 7 nitrogen and oxygen atoms in total. The quantitative estimate of drug-likeness (QED) is 0.543. The van der Waals surface area contributed by atoms with Gasteiger partial charge in [0.2, 0.25) is 5.88 Å². The summed E-state index contributed by atoms with van der Waals surface area (Å²) in [5, 5.41) is 9.83. The maximum absolute atomic E-state index is 12.6. The van der Waals surface area contributed by atoms with Gasteiger partial charge in [0, 0.05) is 30.6 Å². The SMILES string of the molecule is COc1cc(-n2ccc(COc3ccc(C(F)(F)F)cn3)cc2=O)ccc1OCC(C)(C)O. The fourth-order valence-corrected chi connectivity index (χ4v) is 2.79.